The van der Waals surface area contributed by atoms with Crippen molar-refractivity contribution in [2.75, 3.05) is 14.2 Å². The maximum absolute atomic E-state index is 13.1. The van der Waals surface area contributed by atoms with Crippen LogP contribution in [0.5, 0.6) is 11.8 Å². The van der Waals surface area contributed by atoms with E-state index in [2.05, 4.69) is 14.4 Å². The van der Waals surface area contributed by atoms with Crippen molar-refractivity contribution >= 4 is 27.3 Å². The predicted molar refractivity (Wildman–Crippen MR) is 93.6 cm³/mol. The van der Waals surface area contributed by atoms with E-state index in [1.807, 2.05) is 0 Å². The third-order valence-electron chi connectivity index (χ3n) is 3.50. The van der Waals surface area contributed by atoms with Gasteiger partial charge in [-0.25, -0.2) is 8.42 Å². The fourth-order valence-electron chi connectivity index (χ4n) is 2.34. The molecule has 1 aromatic carbocycles. The smallest absolute Gasteiger partial charge is 0.416 e. The topological polar surface area (TPSA) is 95.2 Å². The lowest BCUT2D eigenvalue weighted by molar-refractivity contribution is -0.138. The second kappa shape index (κ2) is 7.39. The van der Waals surface area contributed by atoms with Crippen molar-refractivity contribution in [1.82, 2.24) is 13.8 Å². The van der Waals surface area contributed by atoms with Crippen LogP contribution in [-0.2, 0) is 22.0 Å². The lowest BCUT2D eigenvalue weighted by atomic mass is 10.1. The Morgan fingerprint density at radius 2 is 1.89 bits per heavy atom. The molecule has 2 heterocycles. The molecule has 0 amide bonds. The van der Waals surface area contributed by atoms with Gasteiger partial charge in [-0.2, -0.15) is 26.9 Å². The first-order valence-corrected chi connectivity index (χ1v) is 9.94. The van der Waals surface area contributed by atoms with Crippen LogP contribution in [-0.4, -0.2) is 36.4 Å². The Hall–Kier alpha value is -2.67. The lowest BCUT2D eigenvalue weighted by Gasteiger charge is -2.11. The van der Waals surface area contributed by atoms with E-state index >= 15 is 0 Å². The Labute approximate surface area is 161 Å². The molecule has 2 aromatic heterocycles. The molecule has 3 rings (SSSR count). The van der Waals surface area contributed by atoms with Crippen molar-refractivity contribution in [2.45, 2.75) is 11.9 Å². The second-order valence-electron chi connectivity index (χ2n) is 5.39. The van der Waals surface area contributed by atoms with Crippen LogP contribution >= 0.6 is 11.5 Å². The van der Waals surface area contributed by atoms with E-state index in [4.69, 9.17) is 9.47 Å². The average molecular weight is 434 g/mol. The van der Waals surface area contributed by atoms with Crippen LogP contribution in [0.15, 0.2) is 34.7 Å². The van der Waals surface area contributed by atoms with Crippen LogP contribution in [0.2, 0.25) is 0 Å². The maximum Gasteiger partial charge on any atom is 0.416 e. The molecule has 0 aliphatic carbocycles. The number of hydrogen-bond donors (Lipinski definition) is 0. The minimum Gasteiger partial charge on any atom is -0.481 e. The Morgan fingerprint density at radius 3 is 2.54 bits per heavy atom. The molecule has 0 aliphatic rings. The van der Waals surface area contributed by atoms with Crippen molar-refractivity contribution in [1.29, 1.82) is 0 Å². The van der Waals surface area contributed by atoms with E-state index in [0.717, 1.165) is 23.7 Å². The minimum absolute atomic E-state index is 0.0749. The standard InChI is InChI=1S/C15H13F3N4O4S2/c1-25-11-7-12(26-2)22-13(19-11)20-14(27-22)21-28(23,24)8-9-5-3-4-6-10(9)15(16,17)18/h3-7H,8H2,1-2H3. The molecule has 28 heavy (non-hydrogen) atoms. The molecule has 0 aliphatic heterocycles. The van der Waals surface area contributed by atoms with Crippen molar-refractivity contribution in [2.24, 2.45) is 4.40 Å². The van der Waals surface area contributed by atoms with E-state index in [-0.39, 0.29) is 22.3 Å². The summed E-state index contributed by atoms with van der Waals surface area (Å²) in [5.41, 5.74) is -1.43. The van der Waals surface area contributed by atoms with Gasteiger partial charge in [0.1, 0.15) is 0 Å². The summed E-state index contributed by atoms with van der Waals surface area (Å²) in [6.07, 6.45) is -4.67. The number of methoxy groups -OCH3 is 2. The van der Waals surface area contributed by atoms with Crippen LogP contribution in [0.4, 0.5) is 13.2 Å². The summed E-state index contributed by atoms with van der Waals surface area (Å²) >= 11 is 0.809. The number of ether oxygens (including phenoxy) is 2. The molecule has 150 valence electrons. The minimum atomic E-state index is -4.67. The third-order valence-corrected chi connectivity index (χ3v) is 5.62. The summed E-state index contributed by atoms with van der Waals surface area (Å²) in [6.45, 7) is 0. The van der Waals surface area contributed by atoms with Crippen molar-refractivity contribution in [3.63, 3.8) is 0 Å². The van der Waals surface area contributed by atoms with Gasteiger partial charge in [0.25, 0.3) is 15.8 Å². The molecule has 0 radical (unpaired) electrons. The van der Waals surface area contributed by atoms with Gasteiger partial charge in [0.2, 0.25) is 16.6 Å². The van der Waals surface area contributed by atoms with E-state index < -0.39 is 33.1 Å². The van der Waals surface area contributed by atoms with Crippen LogP contribution < -0.4 is 14.3 Å². The van der Waals surface area contributed by atoms with E-state index in [1.54, 1.807) is 0 Å². The molecule has 8 nitrogen and oxygen atoms in total. The number of nitrogens with zero attached hydrogens (tertiary/aromatic N) is 4. The number of aromatic nitrogens is 3. The highest BCUT2D eigenvalue weighted by atomic mass is 32.2. The molecule has 0 atom stereocenters. The van der Waals surface area contributed by atoms with Gasteiger partial charge < -0.3 is 9.47 Å². The van der Waals surface area contributed by atoms with Gasteiger partial charge in [0.15, 0.2) is 0 Å². The molecule has 0 N–H and O–H groups in total. The number of rotatable bonds is 5. The number of alkyl halides is 3. The maximum atomic E-state index is 13.1. The largest absolute Gasteiger partial charge is 0.481 e. The number of benzene rings is 1. The highest BCUT2D eigenvalue weighted by molar-refractivity contribution is 7.89. The average Bonchev–Trinajstić information content (AvgIpc) is 3.01. The van der Waals surface area contributed by atoms with Gasteiger partial charge in [0.05, 0.1) is 31.6 Å². The number of sulfonamides is 1. The highest BCUT2D eigenvalue weighted by Gasteiger charge is 2.34. The normalized spacial score (nSPS) is 13.1. The van der Waals surface area contributed by atoms with Crippen molar-refractivity contribution in [3.8, 4) is 11.8 Å². The monoisotopic (exact) mass is 434 g/mol. The molecule has 0 fully saturated rings. The van der Waals surface area contributed by atoms with Gasteiger partial charge in [-0.1, -0.05) is 18.2 Å². The SMILES string of the molecule is COc1cc(OC)n2sc(=NS(=O)(=O)Cc3ccccc3C(F)(F)F)nc2n1. The number of halogens is 3. The summed E-state index contributed by atoms with van der Waals surface area (Å²) in [6, 6.07) is 5.89. The fraction of sp³-hybridized carbons (Fsp3) is 0.267. The first-order chi connectivity index (χ1) is 13.1. The Kier molecular flexibility index (Phi) is 5.30. The summed E-state index contributed by atoms with van der Waals surface area (Å²) in [5, 5.41) is 0. The van der Waals surface area contributed by atoms with Gasteiger partial charge in [-0.05, 0) is 23.2 Å². The molecule has 0 saturated heterocycles. The number of hydrogen-bond acceptors (Lipinski definition) is 7. The number of fused-ring (bicyclic) bond motifs is 1. The quantitative estimate of drug-likeness (QED) is 0.611. The molecule has 0 unspecified atom stereocenters. The summed E-state index contributed by atoms with van der Waals surface area (Å²) in [5.74, 6) is -0.376. The fourth-order valence-corrected chi connectivity index (χ4v) is 4.47. The molecule has 3 aromatic rings. The van der Waals surface area contributed by atoms with Crippen LogP contribution in [0, 0.1) is 0 Å². The van der Waals surface area contributed by atoms with E-state index in [9.17, 15) is 21.6 Å². The van der Waals surface area contributed by atoms with Crippen LogP contribution in [0.3, 0.4) is 0 Å². The van der Waals surface area contributed by atoms with E-state index in [1.165, 1.54) is 36.2 Å². The van der Waals surface area contributed by atoms with E-state index in [0.29, 0.717) is 0 Å². The molecule has 0 saturated carbocycles. The van der Waals surface area contributed by atoms with Gasteiger partial charge >= 0.3 is 6.18 Å². The van der Waals surface area contributed by atoms with Crippen molar-refractivity contribution in [3.05, 3.63) is 46.3 Å². The molecule has 13 heteroatoms. The van der Waals surface area contributed by atoms with Crippen LogP contribution in [0.1, 0.15) is 11.1 Å². The summed E-state index contributed by atoms with van der Waals surface area (Å²) in [4.78, 5) is 7.81. The second-order valence-corrected chi connectivity index (χ2v) is 7.94. The Balaban J connectivity index is 2.04. The zero-order valence-corrected chi connectivity index (χ0v) is 16.1. The highest BCUT2D eigenvalue weighted by Crippen LogP contribution is 2.32. The Morgan fingerprint density at radius 1 is 1.18 bits per heavy atom. The Bertz CT molecular complexity index is 1190. The zero-order valence-electron chi connectivity index (χ0n) is 14.5. The molecular weight excluding hydrogens is 421 g/mol. The molecule has 0 bridgehead atoms. The summed E-state index contributed by atoms with van der Waals surface area (Å²) < 4.78 is 79.0. The first-order valence-electron chi connectivity index (χ1n) is 7.56. The van der Waals surface area contributed by atoms with Gasteiger partial charge in [-0.15, -0.1) is 4.40 Å². The van der Waals surface area contributed by atoms with Gasteiger partial charge in [0, 0.05) is 0 Å². The molecule has 0 spiro atoms. The predicted octanol–water partition coefficient (Wildman–Crippen LogP) is 2.26. The van der Waals surface area contributed by atoms with Crippen molar-refractivity contribution < 1.29 is 31.1 Å². The lowest BCUT2D eigenvalue weighted by Crippen LogP contribution is -2.13. The van der Waals surface area contributed by atoms with Crippen LogP contribution in [0.25, 0.3) is 5.78 Å². The zero-order chi connectivity index (χ0) is 20.5. The van der Waals surface area contributed by atoms with Gasteiger partial charge in [-0.3, -0.25) is 0 Å². The molecular formula is C15H13F3N4O4S2. The first kappa shape index (κ1) is 20.1. The summed E-state index contributed by atoms with van der Waals surface area (Å²) in [7, 11) is -1.51. The third kappa shape index (κ3) is 4.25.